The summed E-state index contributed by atoms with van der Waals surface area (Å²) in [6.45, 7) is 3.59. The molecule has 134 valence electrons. The Morgan fingerprint density at radius 3 is 2.58 bits per heavy atom. The number of nitrogens with zero attached hydrogens (tertiary/aromatic N) is 2. The Kier molecular flexibility index (Phi) is 5.57. The van der Waals surface area contributed by atoms with Gasteiger partial charge in [-0.3, -0.25) is 0 Å². The molecule has 1 aliphatic carbocycles. The molecular formula is C18H27FN2O2S. The second-order valence-electron chi connectivity index (χ2n) is 7.21. The normalized spacial score (nSPS) is 22.9. The summed E-state index contributed by atoms with van der Waals surface area (Å²) in [6.07, 6.45) is 4.76. The van der Waals surface area contributed by atoms with Crippen molar-refractivity contribution in [3.63, 3.8) is 0 Å². The van der Waals surface area contributed by atoms with Crippen molar-refractivity contribution in [3.8, 4) is 0 Å². The Hall–Kier alpha value is -0.980. The van der Waals surface area contributed by atoms with Gasteiger partial charge in [0, 0.05) is 26.7 Å². The summed E-state index contributed by atoms with van der Waals surface area (Å²) in [5, 5.41) is -0.124. The molecule has 1 aliphatic heterocycles. The fourth-order valence-electron chi connectivity index (χ4n) is 3.53. The molecule has 1 heterocycles. The molecule has 6 heteroatoms. The van der Waals surface area contributed by atoms with Gasteiger partial charge in [0.2, 0.25) is 10.0 Å². The van der Waals surface area contributed by atoms with E-state index >= 15 is 0 Å². The minimum Gasteiger partial charge on any atom is -0.303 e. The van der Waals surface area contributed by atoms with Crippen LogP contribution in [-0.2, 0) is 16.4 Å². The van der Waals surface area contributed by atoms with Crippen LogP contribution in [0, 0.1) is 11.7 Å². The fourth-order valence-corrected chi connectivity index (χ4v) is 5.19. The van der Waals surface area contributed by atoms with E-state index < -0.39 is 10.0 Å². The fraction of sp³-hybridized carbons (Fsp3) is 0.667. The molecule has 4 nitrogen and oxygen atoms in total. The third-order valence-corrected chi connectivity index (χ3v) is 7.46. The second-order valence-corrected chi connectivity index (χ2v) is 9.53. The maximum atomic E-state index is 12.9. The van der Waals surface area contributed by atoms with E-state index in [1.54, 1.807) is 11.4 Å². The highest BCUT2D eigenvalue weighted by atomic mass is 32.2. The molecule has 3 rings (SSSR count). The van der Waals surface area contributed by atoms with Gasteiger partial charge >= 0.3 is 0 Å². The molecule has 0 N–H and O–H groups in total. The SMILES string of the molecule is CN(CC1CCCN(CCc2ccc(F)cc2)C1)S(=O)(=O)C1CC1. The molecule has 1 saturated heterocycles. The number of hydrogen-bond donors (Lipinski definition) is 0. The first-order valence-electron chi connectivity index (χ1n) is 8.87. The molecule has 1 saturated carbocycles. The minimum absolute atomic E-state index is 0.124. The van der Waals surface area contributed by atoms with Crippen LogP contribution in [0.25, 0.3) is 0 Å². The molecule has 24 heavy (non-hydrogen) atoms. The third kappa shape index (κ3) is 4.55. The summed E-state index contributed by atoms with van der Waals surface area (Å²) in [7, 11) is -1.34. The first-order valence-corrected chi connectivity index (χ1v) is 10.4. The van der Waals surface area contributed by atoms with Gasteiger partial charge in [-0.25, -0.2) is 17.1 Å². The quantitative estimate of drug-likeness (QED) is 0.755. The van der Waals surface area contributed by atoms with Gasteiger partial charge < -0.3 is 4.90 Å². The maximum Gasteiger partial charge on any atom is 0.216 e. The zero-order valence-electron chi connectivity index (χ0n) is 14.3. The van der Waals surface area contributed by atoms with Crippen LogP contribution in [0.15, 0.2) is 24.3 Å². The van der Waals surface area contributed by atoms with Crippen LogP contribution >= 0.6 is 0 Å². The van der Waals surface area contributed by atoms with Crippen molar-refractivity contribution in [1.29, 1.82) is 0 Å². The molecule has 2 fully saturated rings. The monoisotopic (exact) mass is 354 g/mol. The predicted octanol–water partition coefficient (Wildman–Crippen LogP) is 2.50. The lowest BCUT2D eigenvalue weighted by molar-refractivity contribution is 0.163. The maximum absolute atomic E-state index is 12.9. The van der Waals surface area contributed by atoms with Gasteiger partial charge in [0.15, 0.2) is 0 Å². The highest BCUT2D eigenvalue weighted by molar-refractivity contribution is 7.90. The van der Waals surface area contributed by atoms with E-state index in [4.69, 9.17) is 0 Å². The molecule has 2 aliphatic rings. The van der Waals surface area contributed by atoms with E-state index in [-0.39, 0.29) is 11.1 Å². The van der Waals surface area contributed by atoms with Crippen LogP contribution in [0.1, 0.15) is 31.2 Å². The molecule has 0 amide bonds. The molecular weight excluding hydrogens is 327 g/mol. The highest BCUT2D eigenvalue weighted by Crippen LogP contribution is 2.31. The summed E-state index contributed by atoms with van der Waals surface area (Å²) in [5.74, 6) is 0.210. The number of halogens is 1. The van der Waals surface area contributed by atoms with Gasteiger partial charge in [-0.1, -0.05) is 12.1 Å². The highest BCUT2D eigenvalue weighted by Gasteiger charge is 2.39. The van der Waals surface area contributed by atoms with E-state index in [9.17, 15) is 12.8 Å². The predicted molar refractivity (Wildman–Crippen MR) is 93.8 cm³/mol. The number of likely N-dealkylation sites (tertiary alicyclic amines) is 1. The van der Waals surface area contributed by atoms with E-state index in [2.05, 4.69) is 4.90 Å². The Morgan fingerprint density at radius 2 is 1.92 bits per heavy atom. The van der Waals surface area contributed by atoms with Gasteiger partial charge in [0.05, 0.1) is 5.25 Å². The zero-order chi connectivity index (χ0) is 17.2. The van der Waals surface area contributed by atoms with E-state index in [1.165, 1.54) is 12.1 Å². The lowest BCUT2D eigenvalue weighted by atomic mass is 9.97. The average molecular weight is 354 g/mol. The van der Waals surface area contributed by atoms with Crippen molar-refractivity contribution < 1.29 is 12.8 Å². The van der Waals surface area contributed by atoms with Crippen molar-refractivity contribution >= 4 is 10.0 Å². The Bertz CT molecular complexity index is 643. The largest absolute Gasteiger partial charge is 0.303 e. The van der Waals surface area contributed by atoms with Crippen LogP contribution in [0.3, 0.4) is 0 Å². The standard InChI is InChI=1S/C18H27FN2O2S/c1-20(24(22,23)18-8-9-18)13-16-3-2-11-21(14-16)12-10-15-4-6-17(19)7-5-15/h4-7,16,18H,2-3,8-14H2,1H3. The van der Waals surface area contributed by atoms with Gasteiger partial charge in [-0.05, 0) is 62.3 Å². The summed E-state index contributed by atoms with van der Waals surface area (Å²) in [6, 6.07) is 6.69. The summed E-state index contributed by atoms with van der Waals surface area (Å²) >= 11 is 0. The summed E-state index contributed by atoms with van der Waals surface area (Å²) in [5.41, 5.74) is 1.15. The van der Waals surface area contributed by atoms with Crippen molar-refractivity contribution in [2.24, 2.45) is 5.92 Å². The lowest BCUT2D eigenvalue weighted by Crippen LogP contribution is -2.42. The van der Waals surface area contributed by atoms with Crippen LogP contribution in [0.2, 0.25) is 0 Å². The molecule has 1 aromatic carbocycles. The van der Waals surface area contributed by atoms with Crippen LogP contribution in [0.4, 0.5) is 4.39 Å². The second kappa shape index (κ2) is 7.50. The van der Waals surface area contributed by atoms with Gasteiger partial charge in [0.1, 0.15) is 5.82 Å². The first kappa shape index (κ1) is 17.8. The van der Waals surface area contributed by atoms with E-state index in [0.29, 0.717) is 12.5 Å². The van der Waals surface area contributed by atoms with Crippen molar-refractivity contribution in [1.82, 2.24) is 9.21 Å². The number of piperidine rings is 1. The smallest absolute Gasteiger partial charge is 0.216 e. The average Bonchev–Trinajstić information content (AvgIpc) is 3.40. The van der Waals surface area contributed by atoms with Crippen LogP contribution in [-0.4, -0.2) is 56.1 Å². The number of rotatable bonds is 7. The number of benzene rings is 1. The van der Waals surface area contributed by atoms with E-state index in [1.807, 2.05) is 12.1 Å². The molecule has 1 aromatic rings. The minimum atomic E-state index is -3.06. The summed E-state index contributed by atoms with van der Waals surface area (Å²) < 4.78 is 39.1. The molecule has 1 unspecified atom stereocenters. The van der Waals surface area contributed by atoms with Crippen LogP contribution in [0.5, 0.6) is 0 Å². The zero-order valence-corrected chi connectivity index (χ0v) is 15.1. The Labute approximate surface area is 144 Å². The van der Waals surface area contributed by atoms with Gasteiger partial charge in [0.25, 0.3) is 0 Å². The summed E-state index contributed by atoms with van der Waals surface area (Å²) in [4.78, 5) is 2.41. The Balaban J connectivity index is 1.48. The van der Waals surface area contributed by atoms with Crippen molar-refractivity contribution in [3.05, 3.63) is 35.6 Å². The van der Waals surface area contributed by atoms with Gasteiger partial charge in [-0.15, -0.1) is 0 Å². The topological polar surface area (TPSA) is 40.6 Å². The van der Waals surface area contributed by atoms with E-state index in [0.717, 1.165) is 57.3 Å². The Morgan fingerprint density at radius 1 is 1.21 bits per heavy atom. The molecule has 0 aromatic heterocycles. The first-order chi connectivity index (χ1) is 11.4. The molecule has 0 spiro atoms. The number of hydrogen-bond acceptors (Lipinski definition) is 3. The van der Waals surface area contributed by atoms with Gasteiger partial charge in [-0.2, -0.15) is 0 Å². The molecule has 0 bridgehead atoms. The van der Waals surface area contributed by atoms with Crippen molar-refractivity contribution in [2.75, 3.05) is 33.2 Å². The third-order valence-electron chi connectivity index (χ3n) is 5.13. The molecule has 1 atom stereocenters. The lowest BCUT2D eigenvalue weighted by Gasteiger charge is -2.34. The van der Waals surface area contributed by atoms with Crippen LogP contribution < -0.4 is 0 Å². The number of sulfonamides is 1. The molecule has 0 radical (unpaired) electrons. The van der Waals surface area contributed by atoms with Crippen molar-refractivity contribution in [2.45, 2.75) is 37.4 Å².